The maximum absolute atomic E-state index is 10.9. The average Bonchev–Trinajstić information content (AvgIpc) is 2.94. The molecule has 1 amide bonds. The van der Waals surface area contributed by atoms with Crippen molar-refractivity contribution in [1.29, 1.82) is 0 Å². The molecule has 0 aliphatic rings. The van der Waals surface area contributed by atoms with Gasteiger partial charge in [0.05, 0.1) is 11.2 Å². The summed E-state index contributed by atoms with van der Waals surface area (Å²) in [5.74, 6) is 0.230. The summed E-state index contributed by atoms with van der Waals surface area (Å²) in [6, 6.07) is 3.42. The van der Waals surface area contributed by atoms with Gasteiger partial charge in [0.2, 0.25) is 5.91 Å². The zero-order valence-corrected chi connectivity index (χ0v) is 10.6. The summed E-state index contributed by atoms with van der Waals surface area (Å²) in [6.07, 6.45) is 4.54. The summed E-state index contributed by atoms with van der Waals surface area (Å²) < 4.78 is 5.08. The molecule has 2 heterocycles. The van der Waals surface area contributed by atoms with Crippen molar-refractivity contribution < 1.29 is 14.1 Å². The van der Waals surface area contributed by atoms with Gasteiger partial charge in [-0.3, -0.25) is 14.9 Å². The van der Waals surface area contributed by atoms with Crippen molar-refractivity contribution in [3.63, 3.8) is 0 Å². The second kappa shape index (κ2) is 5.44. The smallest absolute Gasteiger partial charge is 0.353 e. The third-order valence-electron chi connectivity index (χ3n) is 2.03. The van der Waals surface area contributed by atoms with Gasteiger partial charge in [-0.25, -0.2) is 4.98 Å². The number of nitrogens with one attached hydrogen (secondary N) is 1. The summed E-state index contributed by atoms with van der Waals surface area (Å²) in [6.45, 7) is 1.31. The number of hydrogen-bond donors (Lipinski definition) is 1. The van der Waals surface area contributed by atoms with Crippen LogP contribution in [0.5, 0.6) is 0 Å². The third-order valence-corrected chi connectivity index (χ3v) is 2.97. The van der Waals surface area contributed by atoms with Crippen LogP contribution < -0.4 is 5.32 Å². The molecule has 0 unspecified atom stereocenters. The molecule has 0 atom stereocenters. The Morgan fingerprint density at radius 3 is 2.95 bits per heavy atom. The van der Waals surface area contributed by atoms with E-state index in [9.17, 15) is 14.9 Å². The fourth-order valence-corrected chi connectivity index (χ4v) is 2.13. The molecule has 0 radical (unpaired) electrons. The van der Waals surface area contributed by atoms with Crippen molar-refractivity contribution in [2.45, 2.75) is 6.92 Å². The highest BCUT2D eigenvalue weighted by Gasteiger charge is 2.19. The SMILES string of the molecule is CC(=O)Nc1nc(/C=C\c2ccco2)c([N+](=O)[O-])s1. The highest BCUT2D eigenvalue weighted by molar-refractivity contribution is 7.19. The highest BCUT2D eigenvalue weighted by atomic mass is 32.1. The number of aromatic nitrogens is 1. The average molecular weight is 279 g/mol. The minimum absolute atomic E-state index is 0.133. The molecule has 0 bridgehead atoms. The Morgan fingerprint density at radius 1 is 1.58 bits per heavy atom. The first-order valence-electron chi connectivity index (χ1n) is 5.20. The zero-order chi connectivity index (χ0) is 13.8. The number of nitro groups is 1. The van der Waals surface area contributed by atoms with E-state index in [2.05, 4.69) is 10.3 Å². The Morgan fingerprint density at radius 2 is 2.37 bits per heavy atom. The van der Waals surface area contributed by atoms with Gasteiger partial charge < -0.3 is 9.73 Å². The molecule has 0 saturated carbocycles. The predicted molar refractivity (Wildman–Crippen MR) is 70.7 cm³/mol. The van der Waals surface area contributed by atoms with Crippen molar-refractivity contribution in [2.75, 3.05) is 5.32 Å². The number of carbonyl (C=O) groups is 1. The maximum atomic E-state index is 10.9. The molecule has 7 nitrogen and oxygen atoms in total. The minimum atomic E-state index is -0.537. The first-order valence-corrected chi connectivity index (χ1v) is 6.02. The van der Waals surface area contributed by atoms with Crippen LogP contribution in [0.25, 0.3) is 12.2 Å². The molecule has 0 saturated heterocycles. The van der Waals surface area contributed by atoms with Crippen molar-refractivity contribution in [3.8, 4) is 0 Å². The molecule has 8 heteroatoms. The number of amides is 1. The van der Waals surface area contributed by atoms with E-state index in [-0.39, 0.29) is 21.7 Å². The van der Waals surface area contributed by atoms with Crippen LogP contribution in [0.3, 0.4) is 0 Å². The molecule has 2 aromatic rings. The van der Waals surface area contributed by atoms with Gasteiger partial charge in [0.15, 0.2) is 10.8 Å². The lowest BCUT2D eigenvalue weighted by Crippen LogP contribution is -2.04. The molecule has 2 aromatic heterocycles. The number of rotatable bonds is 4. The molecular weight excluding hydrogens is 270 g/mol. The van der Waals surface area contributed by atoms with Gasteiger partial charge in [-0.1, -0.05) is 0 Å². The summed E-state index contributed by atoms with van der Waals surface area (Å²) >= 11 is 0.809. The molecule has 0 aromatic carbocycles. The van der Waals surface area contributed by atoms with Crippen molar-refractivity contribution in [1.82, 2.24) is 4.98 Å². The largest absolute Gasteiger partial charge is 0.465 e. The molecular formula is C11H9N3O4S. The Bertz CT molecular complexity index is 630. The van der Waals surface area contributed by atoms with E-state index < -0.39 is 4.92 Å². The fraction of sp³-hybridized carbons (Fsp3) is 0.0909. The number of nitrogens with zero attached hydrogens (tertiary/aromatic N) is 2. The van der Waals surface area contributed by atoms with E-state index in [1.54, 1.807) is 18.2 Å². The molecule has 0 aliphatic carbocycles. The van der Waals surface area contributed by atoms with E-state index in [4.69, 9.17) is 4.42 Å². The second-order valence-corrected chi connectivity index (χ2v) is 4.47. The van der Waals surface area contributed by atoms with Crippen molar-refractivity contribution in [2.24, 2.45) is 0 Å². The van der Waals surface area contributed by atoms with Crippen LogP contribution in [-0.2, 0) is 4.79 Å². The number of furan rings is 1. The minimum Gasteiger partial charge on any atom is -0.465 e. The van der Waals surface area contributed by atoms with E-state index >= 15 is 0 Å². The number of hydrogen-bond acceptors (Lipinski definition) is 6. The highest BCUT2D eigenvalue weighted by Crippen LogP contribution is 2.31. The molecule has 98 valence electrons. The fourth-order valence-electron chi connectivity index (χ4n) is 1.31. The lowest BCUT2D eigenvalue weighted by atomic mass is 10.3. The first-order chi connectivity index (χ1) is 9.06. The van der Waals surface area contributed by atoms with E-state index in [0.29, 0.717) is 5.76 Å². The number of thiazole rings is 1. The molecule has 1 N–H and O–H groups in total. The Kier molecular flexibility index (Phi) is 3.71. The van der Waals surface area contributed by atoms with Gasteiger partial charge in [-0.15, -0.1) is 0 Å². The van der Waals surface area contributed by atoms with E-state index in [1.807, 2.05) is 0 Å². The summed E-state index contributed by atoms with van der Waals surface area (Å²) in [5.41, 5.74) is 0.176. The van der Waals surface area contributed by atoms with Crippen molar-refractivity contribution in [3.05, 3.63) is 40.0 Å². The number of anilines is 1. The van der Waals surface area contributed by atoms with Crippen LogP contribution in [0.4, 0.5) is 10.1 Å². The van der Waals surface area contributed by atoms with E-state index in [0.717, 1.165) is 11.3 Å². The Hall–Kier alpha value is -2.48. The normalized spacial score (nSPS) is 10.8. The molecule has 0 aliphatic heterocycles. The van der Waals surface area contributed by atoms with Gasteiger partial charge in [-0.05, 0) is 35.6 Å². The summed E-state index contributed by atoms with van der Waals surface area (Å²) in [7, 11) is 0. The van der Waals surface area contributed by atoms with Gasteiger partial charge in [0.25, 0.3) is 0 Å². The standard InChI is InChI=1S/C11H9N3O4S/c1-7(15)12-11-13-9(10(19-11)14(16)17)5-4-8-3-2-6-18-8/h2-6H,1H3,(H,12,13,15)/b5-4-. The quantitative estimate of drug-likeness (QED) is 0.685. The molecule has 19 heavy (non-hydrogen) atoms. The maximum Gasteiger partial charge on any atom is 0.353 e. The Labute approximate surface area is 111 Å². The van der Waals surface area contributed by atoms with Gasteiger partial charge in [0.1, 0.15) is 5.76 Å². The predicted octanol–water partition coefficient (Wildman–Crippen LogP) is 2.77. The van der Waals surface area contributed by atoms with Crippen molar-refractivity contribution >= 4 is 39.5 Å². The molecule has 0 fully saturated rings. The van der Waals surface area contributed by atoms with Gasteiger partial charge in [0, 0.05) is 6.92 Å². The van der Waals surface area contributed by atoms with E-state index in [1.165, 1.54) is 19.3 Å². The monoisotopic (exact) mass is 279 g/mol. The first kappa shape index (κ1) is 13.0. The third kappa shape index (κ3) is 3.26. The molecule has 2 rings (SSSR count). The lowest BCUT2D eigenvalue weighted by Gasteiger charge is -1.91. The zero-order valence-electron chi connectivity index (χ0n) is 9.82. The molecule has 0 spiro atoms. The lowest BCUT2D eigenvalue weighted by molar-refractivity contribution is -0.380. The Balaban J connectivity index is 2.30. The number of carbonyl (C=O) groups excluding carboxylic acids is 1. The van der Waals surface area contributed by atoms with Gasteiger partial charge in [-0.2, -0.15) is 0 Å². The topological polar surface area (TPSA) is 98.3 Å². The van der Waals surface area contributed by atoms with Gasteiger partial charge >= 0.3 is 5.00 Å². The van der Waals surface area contributed by atoms with Crippen LogP contribution in [0.15, 0.2) is 22.8 Å². The van der Waals surface area contributed by atoms with Crippen LogP contribution in [-0.4, -0.2) is 15.8 Å². The van der Waals surface area contributed by atoms with Crippen LogP contribution in [0.2, 0.25) is 0 Å². The van der Waals surface area contributed by atoms with Crippen LogP contribution in [0.1, 0.15) is 18.4 Å². The second-order valence-electron chi connectivity index (χ2n) is 3.50. The van der Waals surface area contributed by atoms with Crippen LogP contribution >= 0.6 is 11.3 Å². The summed E-state index contributed by atoms with van der Waals surface area (Å²) in [5, 5.41) is 13.4. The van der Waals surface area contributed by atoms with Crippen LogP contribution in [0, 0.1) is 10.1 Å². The summed E-state index contributed by atoms with van der Waals surface area (Å²) in [4.78, 5) is 25.2.